The van der Waals surface area contributed by atoms with Gasteiger partial charge in [0.2, 0.25) is 5.56 Å². The molecule has 2 N–H and O–H groups in total. The molecule has 0 unspecified atom stereocenters. The Kier molecular flexibility index (Phi) is 3.53. The third-order valence-corrected chi connectivity index (χ3v) is 3.21. The van der Waals surface area contributed by atoms with Crippen LogP contribution in [0.15, 0.2) is 35.1 Å². The van der Waals surface area contributed by atoms with Crippen LogP contribution in [-0.2, 0) is 0 Å². The SMILES string of the molecule is O=C(Nc1cc2c(cc1Cl)OCCO2)c1cccc(=O)[nH]1. The Hall–Kier alpha value is -2.47. The van der Waals surface area contributed by atoms with Crippen molar-refractivity contribution in [2.45, 2.75) is 0 Å². The quantitative estimate of drug-likeness (QED) is 0.890. The molecule has 0 atom stereocenters. The van der Waals surface area contributed by atoms with Crippen molar-refractivity contribution in [1.82, 2.24) is 4.98 Å². The van der Waals surface area contributed by atoms with Crippen LogP contribution in [0.1, 0.15) is 10.5 Å². The highest BCUT2D eigenvalue weighted by molar-refractivity contribution is 6.34. The number of amides is 1. The minimum absolute atomic E-state index is 0.147. The Balaban J connectivity index is 1.87. The summed E-state index contributed by atoms with van der Waals surface area (Å²) in [7, 11) is 0. The average Bonchev–Trinajstić information content (AvgIpc) is 2.48. The number of rotatable bonds is 2. The number of ether oxygens (including phenoxy) is 2. The van der Waals surface area contributed by atoms with Crippen molar-refractivity contribution >= 4 is 23.2 Å². The average molecular weight is 307 g/mol. The molecule has 0 saturated heterocycles. The number of hydrogen-bond acceptors (Lipinski definition) is 4. The van der Waals surface area contributed by atoms with Crippen LogP contribution in [0.4, 0.5) is 5.69 Å². The van der Waals surface area contributed by atoms with E-state index >= 15 is 0 Å². The summed E-state index contributed by atoms with van der Waals surface area (Å²) in [5.41, 5.74) is 0.181. The summed E-state index contributed by atoms with van der Waals surface area (Å²) in [5, 5.41) is 2.95. The second-order valence-corrected chi connectivity index (χ2v) is 4.77. The standard InChI is InChI=1S/C14H11ClN2O4/c15-8-6-11-12(21-5-4-20-11)7-10(8)17-14(19)9-2-1-3-13(18)16-9/h1-3,6-7H,4-5H2,(H,16,18)(H,17,19). The van der Waals surface area contributed by atoms with Gasteiger partial charge in [-0.25, -0.2) is 0 Å². The molecule has 0 fully saturated rings. The maximum absolute atomic E-state index is 12.1. The van der Waals surface area contributed by atoms with Gasteiger partial charge in [0.05, 0.1) is 10.7 Å². The fourth-order valence-electron chi connectivity index (χ4n) is 1.93. The Bertz CT molecular complexity index is 757. The van der Waals surface area contributed by atoms with Crippen molar-refractivity contribution in [2.24, 2.45) is 0 Å². The molecule has 0 spiro atoms. The van der Waals surface area contributed by atoms with E-state index in [1.807, 2.05) is 0 Å². The van der Waals surface area contributed by atoms with E-state index in [4.69, 9.17) is 21.1 Å². The molecular weight excluding hydrogens is 296 g/mol. The Morgan fingerprint density at radius 2 is 1.90 bits per heavy atom. The molecule has 0 aliphatic carbocycles. The number of H-pyrrole nitrogens is 1. The van der Waals surface area contributed by atoms with Crippen LogP contribution in [-0.4, -0.2) is 24.1 Å². The second kappa shape index (κ2) is 5.49. The predicted octanol–water partition coefficient (Wildman–Crippen LogP) is 2.05. The van der Waals surface area contributed by atoms with Crippen LogP contribution in [0.3, 0.4) is 0 Å². The summed E-state index contributed by atoms with van der Waals surface area (Å²) in [4.78, 5) is 25.7. The van der Waals surface area contributed by atoms with E-state index in [0.717, 1.165) is 0 Å². The molecule has 2 heterocycles. The Morgan fingerprint density at radius 3 is 2.62 bits per heavy atom. The fourth-order valence-corrected chi connectivity index (χ4v) is 2.13. The largest absolute Gasteiger partial charge is 0.486 e. The van der Waals surface area contributed by atoms with Crippen LogP contribution in [0.5, 0.6) is 11.5 Å². The highest BCUT2D eigenvalue weighted by Gasteiger charge is 2.17. The molecule has 1 aliphatic heterocycles. The minimum atomic E-state index is -0.466. The van der Waals surface area contributed by atoms with E-state index in [2.05, 4.69) is 10.3 Å². The molecule has 3 rings (SSSR count). The van der Waals surface area contributed by atoms with Gasteiger partial charge < -0.3 is 19.8 Å². The lowest BCUT2D eigenvalue weighted by Crippen LogP contribution is -2.19. The first kappa shape index (κ1) is 13.5. The zero-order chi connectivity index (χ0) is 14.8. The molecule has 7 heteroatoms. The molecule has 0 bridgehead atoms. The summed E-state index contributed by atoms with van der Waals surface area (Å²) in [5.74, 6) is 0.589. The molecule has 2 aromatic rings. The van der Waals surface area contributed by atoms with Crippen LogP contribution in [0.25, 0.3) is 0 Å². The number of pyridine rings is 1. The molecular formula is C14H11ClN2O4. The first-order valence-electron chi connectivity index (χ1n) is 6.23. The number of nitrogens with one attached hydrogen (secondary N) is 2. The summed E-state index contributed by atoms with van der Waals surface area (Å²) >= 11 is 6.10. The van der Waals surface area contributed by atoms with Crippen LogP contribution in [0.2, 0.25) is 5.02 Å². The van der Waals surface area contributed by atoms with E-state index in [0.29, 0.717) is 35.4 Å². The smallest absolute Gasteiger partial charge is 0.272 e. The zero-order valence-corrected chi connectivity index (χ0v) is 11.6. The molecule has 6 nitrogen and oxygen atoms in total. The third kappa shape index (κ3) is 2.85. The van der Waals surface area contributed by atoms with Gasteiger partial charge in [-0.3, -0.25) is 9.59 Å². The zero-order valence-electron chi connectivity index (χ0n) is 10.8. The van der Waals surface area contributed by atoms with Gasteiger partial charge in [0.15, 0.2) is 11.5 Å². The number of carbonyl (C=O) groups excluding carboxylic acids is 1. The molecule has 1 aromatic carbocycles. The van der Waals surface area contributed by atoms with Crippen molar-refractivity contribution in [1.29, 1.82) is 0 Å². The predicted molar refractivity (Wildman–Crippen MR) is 77.5 cm³/mol. The maximum atomic E-state index is 12.1. The number of fused-ring (bicyclic) bond motifs is 1. The maximum Gasteiger partial charge on any atom is 0.272 e. The van der Waals surface area contributed by atoms with Crippen molar-refractivity contribution in [3.8, 4) is 11.5 Å². The molecule has 21 heavy (non-hydrogen) atoms. The molecule has 0 saturated carbocycles. The lowest BCUT2D eigenvalue weighted by molar-refractivity contribution is 0.102. The third-order valence-electron chi connectivity index (χ3n) is 2.89. The highest BCUT2D eigenvalue weighted by Crippen LogP contribution is 2.38. The summed E-state index contributed by atoms with van der Waals surface area (Å²) < 4.78 is 10.8. The molecule has 0 radical (unpaired) electrons. The van der Waals surface area contributed by atoms with Gasteiger partial charge in [0, 0.05) is 18.2 Å². The lowest BCUT2D eigenvalue weighted by Gasteiger charge is -2.20. The molecule has 1 aliphatic rings. The van der Waals surface area contributed by atoms with Gasteiger partial charge in [-0.15, -0.1) is 0 Å². The molecule has 108 valence electrons. The minimum Gasteiger partial charge on any atom is -0.486 e. The normalized spacial score (nSPS) is 12.8. The molecule has 1 aromatic heterocycles. The van der Waals surface area contributed by atoms with Crippen molar-refractivity contribution in [3.63, 3.8) is 0 Å². The second-order valence-electron chi connectivity index (χ2n) is 4.36. The topological polar surface area (TPSA) is 80.4 Å². The highest BCUT2D eigenvalue weighted by atomic mass is 35.5. The van der Waals surface area contributed by atoms with Crippen molar-refractivity contribution in [3.05, 3.63) is 51.4 Å². The fraction of sp³-hybridized carbons (Fsp3) is 0.143. The Labute approximate surface area is 124 Å². The number of aromatic amines is 1. The first-order chi connectivity index (χ1) is 10.1. The van der Waals surface area contributed by atoms with Gasteiger partial charge in [-0.1, -0.05) is 17.7 Å². The van der Waals surface area contributed by atoms with Gasteiger partial charge in [0.1, 0.15) is 18.9 Å². The van der Waals surface area contributed by atoms with Gasteiger partial charge in [-0.05, 0) is 6.07 Å². The lowest BCUT2D eigenvalue weighted by atomic mass is 10.2. The van der Waals surface area contributed by atoms with Crippen molar-refractivity contribution in [2.75, 3.05) is 18.5 Å². The van der Waals surface area contributed by atoms with Crippen LogP contribution < -0.4 is 20.3 Å². The summed E-state index contributed by atoms with van der Waals surface area (Å²) in [6.45, 7) is 0.897. The van der Waals surface area contributed by atoms with E-state index in [1.54, 1.807) is 12.1 Å². The van der Waals surface area contributed by atoms with E-state index in [9.17, 15) is 9.59 Å². The summed E-state index contributed by atoms with van der Waals surface area (Å²) in [6.07, 6.45) is 0. The Morgan fingerprint density at radius 1 is 1.19 bits per heavy atom. The van der Waals surface area contributed by atoms with Crippen molar-refractivity contribution < 1.29 is 14.3 Å². The number of carbonyl (C=O) groups is 1. The van der Waals surface area contributed by atoms with Crippen LogP contribution in [0, 0.1) is 0 Å². The monoisotopic (exact) mass is 306 g/mol. The number of benzene rings is 1. The van der Waals surface area contributed by atoms with E-state index < -0.39 is 5.91 Å². The number of hydrogen-bond donors (Lipinski definition) is 2. The number of aromatic nitrogens is 1. The first-order valence-corrected chi connectivity index (χ1v) is 6.61. The van der Waals surface area contributed by atoms with Gasteiger partial charge in [0.25, 0.3) is 5.91 Å². The van der Waals surface area contributed by atoms with Gasteiger partial charge in [-0.2, -0.15) is 0 Å². The molecule has 1 amide bonds. The van der Waals surface area contributed by atoms with E-state index in [-0.39, 0.29) is 11.3 Å². The van der Waals surface area contributed by atoms with Gasteiger partial charge >= 0.3 is 0 Å². The summed E-state index contributed by atoms with van der Waals surface area (Å²) in [6, 6.07) is 7.50. The number of halogens is 1. The number of anilines is 1. The van der Waals surface area contributed by atoms with E-state index in [1.165, 1.54) is 18.2 Å². The van der Waals surface area contributed by atoms with Crippen LogP contribution >= 0.6 is 11.6 Å².